The summed E-state index contributed by atoms with van der Waals surface area (Å²) < 4.78 is 0. The summed E-state index contributed by atoms with van der Waals surface area (Å²) in [5.41, 5.74) is 0. The molecule has 0 aromatic heterocycles. The Morgan fingerprint density at radius 1 is 0.810 bits per heavy atom. The second kappa shape index (κ2) is 9.84. The van der Waals surface area contributed by atoms with Gasteiger partial charge in [-0.1, -0.05) is 58.3 Å². The van der Waals surface area contributed by atoms with Crippen LogP contribution in [-0.2, 0) is 0 Å². The van der Waals surface area contributed by atoms with Crippen LogP contribution in [0, 0.1) is 5.92 Å². The monoisotopic (exact) mass is 295 g/mol. The molecule has 0 aromatic carbocycles. The van der Waals surface area contributed by atoms with Crippen molar-refractivity contribution in [3.63, 3.8) is 0 Å². The number of nitrogens with zero attached hydrogens (tertiary/aromatic N) is 1. The van der Waals surface area contributed by atoms with Crippen molar-refractivity contribution in [2.24, 2.45) is 5.92 Å². The first-order valence-corrected chi connectivity index (χ1v) is 9.73. The second-order valence-electron chi connectivity index (χ2n) is 7.48. The molecule has 21 heavy (non-hydrogen) atoms. The molecule has 0 radical (unpaired) electrons. The number of aliphatic hydroxyl groups is 1. The Kier molecular flexibility index (Phi) is 8.10. The molecule has 2 saturated carbocycles. The van der Waals surface area contributed by atoms with Crippen molar-refractivity contribution in [1.29, 1.82) is 0 Å². The molecule has 2 heteroatoms. The smallest absolute Gasteiger partial charge is 0.0695 e. The molecule has 2 rings (SSSR count). The van der Waals surface area contributed by atoms with Crippen LogP contribution in [0.25, 0.3) is 0 Å². The third kappa shape index (κ3) is 6.69. The van der Waals surface area contributed by atoms with Gasteiger partial charge in [-0.25, -0.2) is 0 Å². The van der Waals surface area contributed by atoms with Crippen LogP contribution in [0.15, 0.2) is 0 Å². The van der Waals surface area contributed by atoms with Crippen LogP contribution in [-0.4, -0.2) is 35.2 Å². The lowest BCUT2D eigenvalue weighted by Gasteiger charge is -2.35. The molecule has 2 aliphatic rings. The third-order valence-electron chi connectivity index (χ3n) is 5.36. The van der Waals surface area contributed by atoms with Crippen molar-refractivity contribution >= 4 is 0 Å². The summed E-state index contributed by atoms with van der Waals surface area (Å²) in [6.07, 6.45) is 17.0. The van der Waals surface area contributed by atoms with Crippen molar-refractivity contribution in [3.8, 4) is 0 Å². The summed E-state index contributed by atoms with van der Waals surface area (Å²) in [7, 11) is 0. The van der Waals surface area contributed by atoms with Gasteiger partial charge >= 0.3 is 0 Å². The Hall–Kier alpha value is -0.0800. The molecule has 124 valence electrons. The molecule has 0 aromatic rings. The highest BCUT2D eigenvalue weighted by Gasteiger charge is 2.30. The highest BCUT2D eigenvalue weighted by atomic mass is 16.3. The molecule has 0 amide bonds. The van der Waals surface area contributed by atoms with Gasteiger partial charge in [0.2, 0.25) is 0 Å². The van der Waals surface area contributed by atoms with E-state index in [1.807, 2.05) is 0 Å². The maximum atomic E-state index is 10.7. The molecule has 0 spiro atoms. The lowest BCUT2D eigenvalue weighted by atomic mass is 9.94. The Morgan fingerprint density at radius 2 is 1.38 bits per heavy atom. The van der Waals surface area contributed by atoms with Gasteiger partial charge in [-0.3, -0.25) is 4.90 Å². The maximum absolute atomic E-state index is 10.7. The van der Waals surface area contributed by atoms with Gasteiger partial charge in [-0.2, -0.15) is 0 Å². The minimum atomic E-state index is -0.0882. The van der Waals surface area contributed by atoms with E-state index in [2.05, 4.69) is 11.8 Å². The van der Waals surface area contributed by atoms with E-state index >= 15 is 0 Å². The van der Waals surface area contributed by atoms with Gasteiger partial charge in [-0.15, -0.1) is 0 Å². The first-order valence-electron chi connectivity index (χ1n) is 9.73. The zero-order valence-electron chi connectivity index (χ0n) is 14.2. The van der Waals surface area contributed by atoms with Crippen molar-refractivity contribution in [2.75, 3.05) is 13.1 Å². The summed E-state index contributed by atoms with van der Waals surface area (Å²) in [6.45, 7) is 4.70. The molecule has 0 aliphatic heterocycles. The third-order valence-corrected chi connectivity index (χ3v) is 5.36. The van der Waals surface area contributed by atoms with E-state index in [4.69, 9.17) is 0 Å². The maximum Gasteiger partial charge on any atom is 0.0695 e. The number of rotatable bonds is 5. The minimum absolute atomic E-state index is 0.0882. The van der Waals surface area contributed by atoms with Crippen LogP contribution >= 0.6 is 0 Å². The fourth-order valence-electron chi connectivity index (χ4n) is 3.89. The van der Waals surface area contributed by atoms with Crippen molar-refractivity contribution in [2.45, 2.75) is 103 Å². The van der Waals surface area contributed by atoms with Crippen LogP contribution in [0.3, 0.4) is 0 Å². The molecule has 0 bridgehead atoms. The van der Waals surface area contributed by atoms with E-state index in [9.17, 15) is 5.11 Å². The SMILES string of the molecule is CCCN(CC1CC1)C1CCCCCCCCCCC1O. The Bertz CT molecular complexity index is 264. The van der Waals surface area contributed by atoms with Crippen LogP contribution in [0.2, 0.25) is 0 Å². The molecule has 0 heterocycles. The summed E-state index contributed by atoms with van der Waals surface area (Å²) in [5.74, 6) is 0.935. The van der Waals surface area contributed by atoms with E-state index in [0.717, 1.165) is 12.3 Å². The Labute approximate surface area is 132 Å². The first kappa shape index (κ1) is 17.3. The number of hydrogen-bond donors (Lipinski definition) is 1. The van der Waals surface area contributed by atoms with Crippen LogP contribution in [0.5, 0.6) is 0 Å². The molecule has 2 nitrogen and oxygen atoms in total. The van der Waals surface area contributed by atoms with Gasteiger partial charge in [0.15, 0.2) is 0 Å². The molecule has 2 unspecified atom stereocenters. The van der Waals surface area contributed by atoms with Gasteiger partial charge in [0.05, 0.1) is 6.10 Å². The van der Waals surface area contributed by atoms with Crippen molar-refractivity contribution in [3.05, 3.63) is 0 Å². The normalized spacial score (nSPS) is 29.9. The number of aliphatic hydroxyl groups excluding tert-OH is 1. The van der Waals surface area contributed by atoms with E-state index in [1.54, 1.807) is 0 Å². The molecule has 2 fully saturated rings. The summed E-state index contributed by atoms with van der Waals surface area (Å²) >= 11 is 0. The molecular formula is C19H37NO. The summed E-state index contributed by atoms with van der Waals surface area (Å²) in [4.78, 5) is 2.65. The predicted molar refractivity (Wildman–Crippen MR) is 90.6 cm³/mol. The molecule has 2 atom stereocenters. The minimum Gasteiger partial charge on any atom is -0.391 e. The Morgan fingerprint density at radius 3 is 1.95 bits per heavy atom. The van der Waals surface area contributed by atoms with Gasteiger partial charge in [0.25, 0.3) is 0 Å². The molecular weight excluding hydrogens is 258 g/mol. The second-order valence-corrected chi connectivity index (χ2v) is 7.48. The molecule has 0 saturated heterocycles. The lowest BCUT2D eigenvalue weighted by Crippen LogP contribution is -2.45. The van der Waals surface area contributed by atoms with E-state index in [1.165, 1.54) is 90.1 Å². The highest BCUT2D eigenvalue weighted by molar-refractivity contribution is 4.85. The largest absolute Gasteiger partial charge is 0.391 e. The topological polar surface area (TPSA) is 23.5 Å². The summed E-state index contributed by atoms with van der Waals surface area (Å²) in [5, 5.41) is 10.7. The van der Waals surface area contributed by atoms with Gasteiger partial charge in [-0.05, 0) is 44.6 Å². The van der Waals surface area contributed by atoms with E-state index < -0.39 is 0 Å². The van der Waals surface area contributed by atoms with E-state index in [0.29, 0.717) is 6.04 Å². The first-order chi connectivity index (χ1) is 10.3. The van der Waals surface area contributed by atoms with Crippen molar-refractivity contribution in [1.82, 2.24) is 4.90 Å². The zero-order valence-corrected chi connectivity index (χ0v) is 14.2. The summed E-state index contributed by atoms with van der Waals surface area (Å²) in [6, 6.07) is 0.435. The quantitative estimate of drug-likeness (QED) is 0.791. The van der Waals surface area contributed by atoms with Gasteiger partial charge in [0, 0.05) is 12.6 Å². The van der Waals surface area contributed by atoms with Crippen molar-refractivity contribution < 1.29 is 5.11 Å². The predicted octanol–water partition coefficient (Wildman–Crippen LogP) is 4.75. The highest BCUT2D eigenvalue weighted by Crippen LogP contribution is 2.32. The van der Waals surface area contributed by atoms with Gasteiger partial charge in [0.1, 0.15) is 0 Å². The average molecular weight is 296 g/mol. The standard InChI is InChI=1S/C19H37NO/c1-2-15-20(16-17-13-14-17)18-11-9-7-5-3-4-6-8-10-12-19(18)21/h17-19,21H,2-16H2,1H3. The molecule has 2 aliphatic carbocycles. The van der Waals surface area contributed by atoms with Crippen LogP contribution in [0.1, 0.15) is 90.4 Å². The molecule has 1 N–H and O–H groups in total. The lowest BCUT2D eigenvalue weighted by molar-refractivity contribution is 0.0325. The fourth-order valence-corrected chi connectivity index (χ4v) is 3.89. The average Bonchev–Trinajstić information content (AvgIpc) is 3.26. The zero-order chi connectivity index (χ0) is 14.9. The fraction of sp³-hybridized carbons (Fsp3) is 1.00. The van der Waals surface area contributed by atoms with Gasteiger partial charge < -0.3 is 5.11 Å². The van der Waals surface area contributed by atoms with Crippen LogP contribution in [0.4, 0.5) is 0 Å². The Balaban J connectivity index is 1.90. The number of hydrogen-bond acceptors (Lipinski definition) is 2. The van der Waals surface area contributed by atoms with Crippen LogP contribution < -0.4 is 0 Å². The van der Waals surface area contributed by atoms with E-state index in [-0.39, 0.29) is 6.10 Å².